The van der Waals surface area contributed by atoms with Gasteiger partial charge in [0.1, 0.15) is 0 Å². The van der Waals surface area contributed by atoms with Gasteiger partial charge in [0.2, 0.25) is 11.8 Å². The van der Waals surface area contributed by atoms with E-state index in [-0.39, 0.29) is 17.7 Å². The Balaban J connectivity index is 1.59. The molecule has 1 spiro atoms. The fourth-order valence-corrected chi connectivity index (χ4v) is 3.83. The average Bonchev–Trinajstić information content (AvgIpc) is 3.43. The highest BCUT2D eigenvalue weighted by molar-refractivity contribution is 6.14. The van der Waals surface area contributed by atoms with Crippen molar-refractivity contribution in [2.75, 3.05) is 18.0 Å². The Hall–Kier alpha value is -1.84. The SMILES string of the molecule is CC(C)CNC(=O)[C@@H]1C[C@@]12C(=O)N(CC1CC1)c1ccccc12. The van der Waals surface area contributed by atoms with E-state index in [1.807, 2.05) is 29.2 Å². The van der Waals surface area contributed by atoms with Gasteiger partial charge in [-0.25, -0.2) is 0 Å². The van der Waals surface area contributed by atoms with Crippen LogP contribution in [0.4, 0.5) is 5.69 Å². The molecule has 3 aliphatic rings. The second kappa shape index (κ2) is 5.08. The third-order valence-electron chi connectivity index (χ3n) is 5.40. The van der Waals surface area contributed by atoms with Crippen LogP contribution in [0.2, 0.25) is 0 Å². The van der Waals surface area contributed by atoms with E-state index in [0.29, 0.717) is 24.8 Å². The molecular formula is C19H24N2O2. The smallest absolute Gasteiger partial charge is 0.238 e. The molecule has 0 saturated heterocycles. The molecule has 4 heteroatoms. The summed E-state index contributed by atoms with van der Waals surface area (Å²) in [5, 5.41) is 3.00. The van der Waals surface area contributed by atoms with Crippen LogP contribution in [0.15, 0.2) is 24.3 Å². The van der Waals surface area contributed by atoms with Crippen LogP contribution in [0.1, 0.15) is 38.7 Å². The summed E-state index contributed by atoms with van der Waals surface area (Å²) in [6.07, 6.45) is 3.10. The van der Waals surface area contributed by atoms with E-state index >= 15 is 0 Å². The van der Waals surface area contributed by atoms with Crippen LogP contribution in [0, 0.1) is 17.8 Å². The minimum absolute atomic E-state index is 0.0372. The minimum atomic E-state index is -0.577. The lowest BCUT2D eigenvalue weighted by molar-refractivity contribution is -0.126. The molecule has 2 fully saturated rings. The predicted molar refractivity (Wildman–Crippen MR) is 89.2 cm³/mol. The van der Waals surface area contributed by atoms with Gasteiger partial charge in [-0.2, -0.15) is 0 Å². The van der Waals surface area contributed by atoms with Crippen molar-refractivity contribution in [1.82, 2.24) is 5.32 Å². The topological polar surface area (TPSA) is 49.4 Å². The molecule has 4 nitrogen and oxygen atoms in total. The van der Waals surface area contributed by atoms with Gasteiger partial charge in [-0.3, -0.25) is 9.59 Å². The standard InChI is InChI=1S/C19H24N2O2/c1-12(2)10-20-17(22)15-9-19(15)14-5-3-4-6-16(14)21(18(19)23)11-13-7-8-13/h3-6,12-13,15H,7-11H2,1-2H3,(H,20,22)/t15-,19-/m0/s1. The molecular weight excluding hydrogens is 288 g/mol. The summed E-state index contributed by atoms with van der Waals surface area (Å²) < 4.78 is 0. The Morgan fingerprint density at radius 2 is 2.09 bits per heavy atom. The van der Waals surface area contributed by atoms with Crippen LogP contribution in [-0.2, 0) is 15.0 Å². The van der Waals surface area contributed by atoms with E-state index in [1.54, 1.807) is 0 Å². The van der Waals surface area contributed by atoms with Gasteiger partial charge in [0.25, 0.3) is 0 Å². The van der Waals surface area contributed by atoms with Gasteiger partial charge in [0.05, 0.1) is 11.3 Å². The van der Waals surface area contributed by atoms with Gasteiger partial charge in [-0.15, -0.1) is 0 Å². The maximum Gasteiger partial charge on any atom is 0.238 e. The molecule has 2 aliphatic carbocycles. The van der Waals surface area contributed by atoms with Crippen LogP contribution in [0.25, 0.3) is 0 Å². The van der Waals surface area contributed by atoms with Crippen LogP contribution in [-0.4, -0.2) is 24.9 Å². The van der Waals surface area contributed by atoms with E-state index in [2.05, 4.69) is 19.2 Å². The highest BCUT2D eigenvalue weighted by atomic mass is 16.2. The van der Waals surface area contributed by atoms with Gasteiger partial charge >= 0.3 is 0 Å². The molecule has 4 rings (SSSR count). The van der Waals surface area contributed by atoms with E-state index in [0.717, 1.165) is 17.8 Å². The molecule has 0 radical (unpaired) electrons. The first kappa shape index (κ1) is 14.7. The maximum absolute atomic E-state index is 13.1. The van der Waals surface area contributed by atoms with Crippen LogP contribution < -0.4 is 10.2 Å². The fourth-order valence-electron chi connectivity index (χ4n) is 3.83. The first-order valence-corrected chi connectivity index (χ1v) is 8.73. The quantitative estimate of drug-likeness (QED) is 0.908. The molecule has 1 aliphatic heterocycles. The van der Waals surface area contributed by atoms with Crippen LogP contribution >= 0.6 is 0 Å². The van der Waals surface area contributed by atoms with Crippen molar-refractivity contribution in [3.8, 4) is 0 Å². The Kier molecular flexibility index (Phi) is 3.26. The summed E-state index contributed by atoms with van der Waals surface area (Å²) in [4.78, 5) is 27.5. The molecule has 0 aromatic heterocycles. The number of benzene rings is 1. The molecule has 122 valence electrons. The molecule has 1 N–H and O–H groups in total. The summed E-state index contributed by atoms with van der Waals surface area (Å²) in [5.74, 6) is 1.06. The maximum atomic E-state index is 13.1. The van der Waals surface area contributed by atoms with Crippen molar-refractivity contribution in [1.29, 1.82) is 0 Å². The van der Waals surface area contributed by atoms with Crippen molar-refractivity contribution < 1.29 is 9.59 Å². The van der Waals surface area contributed by atoms with Crippen molar-refractivity contribution in [2.24, 2.45) is 17.8 Å². The summed E-state index contributed by atoms with van der Waals surface area (Å²) in [6.45, 7) is 5.65. The van der Waals surface area contributed by atoms with Crippen molar-refractivity contribution in [3.63, 3.8) is 0 Å². The molecule has 2 amide bonds. The number of carbonyl (C=O) groups is 2. The van der Waals surface area contributed by atoms with Crippen molar-refractivity contribution >= 4 is 17.5 Å². The summed E-state index contributed by atoms with van der Waals surface area (Å²) >= 11 is 0. The lowest BCUT2D eigenvalue weighted by Crippen LogP contribution is -2.37. The van der Waals surface area contributed by atoms with Gasteiger partial charge in [-0.05, 0) is 42.7 Å². The second-order valence-electron chi connectivity index (χ2n) is 7.74. The molecule has 1 heterocycles. The zero-order chi connectivity index (χ0) is 16.2. The molecule has 1 aromatic rings. The summed E-state index contributed by atoms with van der Waals surface area (Å²) in [7, 11) is 0. The Morgan fingerprint density at radius 1 is 1.35 bits per heavy atom. The average molecular weight is 312 g/mol. The largest absolute Gasteiger partial charge is 0.356 e. The van der Waals surface area contributed by atoms with E-state index in [4.69, 9.17) is 0 Å². The van der Waals surface area contributed by atoms with Crippen LogP contribution in [0.3, 0.4) is 0 Å². The van der Waals surface area contributed by atoms with Crippen molar-refractivity contribution in [3.05, 3.63) is 29.8 Å². The number of hydrogen-bond donors (Lipinski definition) is 1. The monoisotopic (exact) mass is 312 g/mol. The van der Waals surface area contributed by atoms with E-state index in [1.165, 1.54) is 12.8 Å². The molecule has 2 saturated carbocycles. The number of nitrogens with one attached hydrogen (secondary N) is 1. The Labute approximate surface area is 137 Å². The van der Waals surface area contributed by atoms with Gasteiger partial charge in [-0.1, -0.05) is 32.0 Å². The number of para-hydroxylation sites is 1. The highest BCUT2D eigenvalue weighted by Crippen LogP contribution is 2.62. The Bertz CT molecular complexity index is 665. The number of anilines is 1. The van der Waals surface area contributed by atoms with Gasteiger partial charge in [0.15, 0.2) is 0 Å². The normalized spacial score (nSPS) is 28.4. The fraction of sp³-hybridized carbons (Fsp3) is 0.579. The molecule has 2 atom stereocenters. The first-order chi connectivity index (χ1) is 11.0. The second-order valence-corrected chi connectivity index (χ2v) is 7.74. The first-order valence-electron chi connectivity index (χ1n) is 8.73. The third kappa shape index (κ3) is 2.27. The zero-order valence-corrected chi connectivity index (χ0v) is 13.8. The lowest BCUT2D eigenvalue weighted by atomic mass is 9.94. The number of carbonyl (C=O) groups excluding carboxylic acids is 2. The van der Waals surface area contributed by atoms with Crippen molar-refractivity contribution in [2.45, 2.75) is 38.5 Å². The van der Waals surface area contributed by atoms with Gasteiger partial charge < -0.3 is 10.2 Å². The molecule has 0 unspecified atom stereocenters. The van der Waals surface area contributed by atoms with E-state index in [9.17, 15) is 9.59 Å². The number of nitrogens with zero attached hydrogens (tertiary/aromatic N) is 1. The summed E-state index contributed by atoms with van der Waals surface area (Å²) in [5.41, 5.74) is 1.52. The lowest BCUT2D eigenvalue weighted by Gasteiger charge is -2.17. The van der Waals surface area contributed by atoms with E-state index < -0.39 is 5.41 Å². The number of rotatable bonds is 5. The molecule has 0 bridgehead atoms. The number of fused-ring (bicyclic) bond motifs is 2. The van der Waals surface area contributed by atoms with Gasteiger partial charge in [0, 0.05) is 18.8 Å². The van der Waals surface area contributed by atoms with Crippen LogP contribution in [0.5, 0.6) is 0 Å². The Morgan fingerprint density at radius 3 is 2.78 bits per heavy atom. The summed E-state index contributed by atoms with van der Waals surface area (Å²) in [6, 6.07) is 8.04. The number of hydrogen-bond acceptors (Lipinski definition) is 2. The zero-order valence-electron chi connectivity index (χ0n) is 13.8. The molecule has 1 aromatic carbocycles. The number of amides is 2. The highest BCUT2D eigenvalue weighted by Gasteiger charge is 2.69. The minimum Gasteiger partial charge on any atom is -0.356 e. The predicted octanol–water partition coefficient (Wildman–Crippen LogP) is 2.47. The third-order valence-corrected chi connectivity index (χ3v) is 5.40. The molecule has 23 heavy (non-hydrogen) atoms.